The van der Waals surface area contributed by atoms with Gasteiger partial charge in [-0.25, -0.2) is 0 Å². The summed E-state index contributed by atoms with van der Waals surface area (Å²) in [5, 5.41) is 0. The summed E-state index contributed by atoms with van der Waals surface area (Å²) in [7, 11) is 0. The summed E-state index contributed by atoms with van der Waals surface area (Å²) in [6.07, 6.45) is 4.40. The summed E-state index contributed by atoms with van der Waals surface area (Å²) in [5.41, 5.74) is 4.42. The lowest BCUT2D eigenvalue weighted by Crippen LogP contribution is -2.15. The Balaban J connectivity index is 2.72. The molecule has 0 aliphatic rings. The Kier molecular flexibility index (Phi) is 2.57. The van der Waals surface area contributed by atoms with Crippen LogP contribution in [0, 0.1) is 0 Å². The highest BCUT2D eigenvalue weighted by Gasteiger charge is 2.20. The Morgan fingerprint density at radius 2 is 1.88 bits per heavy atom. The van der Waals surface area contributed by atoms with Gasteiger partial charge in [0.2, 0.25) is 0 Å². The Morgan fingerprint density at radius 1 is 1.19 bits per heavy atom. The quantitative estimate of drug-likeness (QED) is 0.665. The number of rotatable bonds is 1. The van der Waals surface area contributed by atoms with Crippen molar-refractivity contribution in [1.82, 2.24) is 4.40 Å². The van der Waals surface area contributed by atoms with E-state index in [0.717, 1.165) is 0 Å². The molecule has 0 saturated heterocycles. The van der Waals surface area contributed by atoms with E-state index in [9.17, 15) is 0 Å². The van der Waals surface area contributed by atoms with Gasteiger partial charge in [-0.1, -0.05) is 34.6 Å². The first-order valence-corrected chi connectivity index (χ1v) is 6.00. The molecule has 0 spiro atoms. The van der Waals surface area contributed by atoms with Crippen LogP contribution in [0.3, 0.4) is 0 Å². The molecule has 0 amide bonds. The minimum Gasteiger partial charge on any atom is -0.324 e. The van der Waals surface area contributed by atoms with E-state index in [0.29, 0.717) is 5.92 Å². The predicted molar refractivity (Wildman–Crippen MR) is 70.2 cm³/mol. The largest absolute Gasteiger partial charge is 0.324 e. The number of fused-ring (bicyclic) bond motifs is 1. The van der Waals surface area contributed by atoms with Crippen molar-refractivity contribution in [3.63, 3.8) is 0 Å². The van der Waals surface area contributed by atoms with E-state index >= 15 is 0 Å². The first-order chi connectivity index (χ1) is 7.39. The van der Waals surface area contributed by atoms with Crippen molar-refractivity contribution in [2.45, 2.75) is 46.0 Å². The number of aromatic nitrogens is 1. The Hall–Kier alpha value is -1.24. The van der Waals surface area contributed by atoms with Gasteiger partial charge >= 0.3 is 0 Å². The van der Waals surface area contributed by atoms with Crippen LogP contribution in [0.4, 0.5) is 0 Å². The van der Waals surface area contributed by atoms with E-state index in [-0.39, 0.29) is 5.41 Å². The molecule has 2 aromatic rings. The molecule has 0 N–H and O–H groups in total. The van der Waals surface area contributed by atoms with Gasteiger partial charge in [0.25, 0.3) is 0 Å². The fourth-order valence-corrected chi connectivity index (χ4v) is 2.21. The molecule has 0 saturated carbocycles. The molecule has 2 aromatic heterocycles. The van der Waals surface area contributed by atoms with E-state index in [1.807, 2.05) is 0 Å². The third-order valence-corrected chi connectivity index (χ3v) is 3.12. The smallest absolute Gasteiger partial charge is 0.0453 e. The van der Waals surface area contributed by atoms with Crippen LogP contribution in [-0.4, -0.2) is 4.40 Å². The summed E-state index contributed by atoms with van der Waals surface area (Å²) >= 11 is 0. The van der Waals surface area contributed by atoms with Crippen LogP contribution >= 0.6 is 0 Å². The second-order valence-electron chi connectivity index (χ2n) is 5.89. The van der Waals surface area contributed by atoms with Gasteiger partial charge in [0.15, 0.2) is 0 Å². The maximum absolute atomic E-state index is 2.33. The third kappa shape index (κ3) is 1.87. The fraction of sp³-hybridized carbons (Fsp3) is 0.467. The molecule has 2 rings (SSSR count). The van der Waals surface area contributed by atoms with Gasteiger partial charge in [-0.05, 0) is 40.7 Å². The third-order valence-electron chi connectivity index (χ3n) is 3.12. The molecule has 1 nitrogen and oxygen atoms in total. The van der Waals surface area contributed by atoms with Gasteiger partial charge in [-0.3, -0.25) is 0 Å². The lowest BCUT2D eigenvalue weighted by Gasteiger charge is -2.25. The molecule has 0 fully saturated rings. The number of hydrogen-bond acceptors (Lipinski definition) is 0. The zero-order valence-corrected chi connectivity index (χ0v) is 10.9. The van der Waals surface area contributed by atoms with E-state index in [1.54, 1.807) is 0 Å². The van der Waals surface area contributed by atoms with Crippen molar-refractivity contribution in [3.05, 3.63) is 41.7 Å². The van der Waals surface area contributed by atoms with E-state index in [4.69, 9.17) is 0 Å². The first kappa shape index (κ1) is 11.3. The summed E-state index contributed by atoms with van der Waals surface area (Å²) < 4.78 is 2.21. The highest BCUT2D eigenvalue weighted by molar-refractivity contribution is 5.53. The summed E-state index contributed by atoms with van der Waals surface area (Å²) in [5.74, 6) is 0.570. The molecule has 0 aliphatic carbocycles. The van der Waals surface area contributed by atoms with Crippen LogP contribution in [0.5, 0.6) is 0 Å². The zero-order chi connectivity index (χ0) is 11.9. The van der Waals surface area contributed by atoms with Crippen LogP contribution in [0.1, 0.15) is 51.7 Å². The van der Waals surface area contributed by atoms with Crippen molar-refractivity contribution in [1.29, 1.82) is 0 Å². The molecule has 2 heterocycles. The lowest BCUT2D eigenvalue weighted by atomic mass is 9.81. The maximum atomic E-state index is 2.33. The van der Waals surface area contributed by atoms with Gasteiger partial charge in [0.05, 0.1) is 0 Å². The second-order valence-corrected chi connectivity index (χ2v) is 5.89. The minimum absolute atomic E-state index is 0.214. The normalized spacial score (nSPS) is 12.6. The van der Waals surface area contributed by atoms with Gasteiger partial charge in [-0.2, -0.15) is 0 Å². The standard InChI is InChI=1S/C15H21N/c1-11(2)13-10-16-8-6-7-12(16)9-14(13)15(3,4)5/h6-11H,1-5H3. The number of nitrogens with zero attached hydrogens (tertiary/aromatic N) is 1. The zero-order valence-electron chi connectivity index (χ0n) is 10.9. The Bertz CT molecular complexity index is 498. The van der Waals surface area contributed by atoms with Crippen molar-refractivity contribution in [2.75, 3.05) is 0 Å². The van der Waals surface area contributed by atoms with Gasteiger partial charge < -0.3 is 4.40 Å². The monoisotopic (exact) mass is 215 g/mol. The summed E-state index contributed by atoms with van der Waals surface area (Å²) in [6.45, 7) is 11.4. The van der Waals surface area contributed by atoms with Crippen LogP contribution in [0.2, 0.25) is 0 Å². The maximum Gasteiger partial charge on any atom is 0.0453 e. The summed E-state index contributed by atoms with van der Waals surface area (Å²) in [4.78, 5) is 0. The van der Waals surface area contributed by atoms with Crippen LogP contribution < -0.4 is 0 Å². The number of pyridine rings is 1. The molecule has 0 aromatic carbocycles. The van der Waals surface area contributed by atoms with E-state index in [2.05, 4.69) is 69.6 Å². The molecule has 16 heavy (non-hydrogen) atoms. The lowest BCUT2D eigenvalue weighted by molar-refractivity contribution is 0.576. The Labute approximate surface area is 98.1 Å². The van der Waals surface area contributed by atoms with Gasteiger partial charge in [-0.15, -0.1) is 0 Å². The molecular formula is C15H21N. The molecule has 0 atom stereocenters. The average molecular weight is 215 g/mol. The fourth-order valence-electron chi connectivity index (χ4n) is 2.21. The molecule has 0 bridgehead atoms. The number of hydrogen-bond donors (Lipinski definition) is 0. The minimum atomic E-state index is 0.214. The molecule has 0 unspecified atom stereocenters. The second kappa shape index (κ2) is 3.65. The average Bonchev–Trinajstić information content (AvgIpc) is 2.60. The van der Waals surface area contributed by atoms with Crippen molar-refractivity contribution >= 4 is 5.52 Å². The van der Waals surface area contributed by atoms with Crippen molar-refractivity contribution in [3.8, 4) is 0 Å². The highest BCUT2D eigenvalue weighted by atomic mass is 14.8. The van der Waals surface area contributed by atoms with Gasteiger partial charge in [0.1, 0.15) is 0 Å². The molecule has 1 heteroatoms. The van der Waals surface area contributed by atoms with Crippen molar-refractivity contribution in [2.24, 2.45) is 0 Å². The molecular weight excluding hydrogens is 194 g/mol. The molecule has 0 aliphatic heterocycles. The highest BCUT2D eigenvalue weighted by Crippen LogP contribution is 2.31. The van der Waals surface area contributed by atoms with E-state index in [1.165, 1.54) is 16.6 Å². The topological polar surface area (TPSA) is 4.41 Å². The van der Waals surface area contributed by atoms with Crippen LogP contribution in [0.15, 0.2) is 30.6 Å². The van der Waals surface area contributed by atoms with Gasteiger partial charge in [0, 0.05) is 17.9 Å². The molecule has 0 radical (unpaired) electrons. The Morgan fingerprint density at radius 3 is 2.44 bits per heavy atom. The van der Waals surface area contributed by atoms with Crippen LogP contribution in [0.25, 0.3) is 5.52 Å². The van der Waals surface area contributed by atoms with Crippen molar-refractivity contribution < 1.29 is 0 Å². The predicted octanol–water partition coefficient (Wildman–Crippen LogP) is 4.36. The van der Waals surface area contributed by atoms with E-state index < -0.39 is 0 Å². The first-order valence-electron chi connectivity index (χ1n) is 6.00. The molecule has 86 valence electrons. The van der Waals surface area contributed by atoms with Crippen LogP contribution in [-0.2, 0) is 5.41 Å². The summed E-state index contributed by atoms with van der Waals surface area (Å²) in [6, 6.07) is 6.60. The SMILES string of the molecule is CC(C)c1cn2cccc2cc1C(C)(C)C.